The van der Waals surface area contributed by atoms with Crippen LogP contribution < -0.4 is 0 Å². The van der Waals surface area contributed by atoms with Crippen LogP contribution in [0.5, 0.6) is 0 Å². The third kappa shape index (κ3) is 1.62. The lowest BCUT2D eigenvalue weighted by molar-refractivity contribution is -0.130. The van der Waals surface area contributed by atoms with Gasteiger partial charge in [-0.15, -0.1) is 0 Å². The molecule has 0 spiro atoms. The number of carbonyl (C=O) groups is 1. The molecule has 1 saturated carbocycles. The smallest absolute Gasteiger partial charge is 0.139 e. The predicted molar refractivity (Wildman–Crippen MR) is 60.3 cm³/mol. The second-order valence-corrected chi connectivity index (χ2v) is 5.39. The minimum Gasteiger partial charge on any atom is -0.299 e. The molecule has 0 aromatic rings. The van der Waals surface area contributed by atoms with Crippen molar-refractivity contribution < 1.29 is 4.79 Å². The van der Waals surface area contributed by atoms with Crippen LogP contribution in [0, 0.1) is 10.8 Å². The molecule has 0 bridgehead atoms. The van der Waals surface area contributed by atoms with Gasteiger partial charge in [-0.05, 0) is 24.7 Å². The zero-order chi connectivity index (χ0) is 10.8. The summed E-state index contributed by atoms with van der Waals surface area (Å²) in [5.41, 5.74) is 0.243. The molecular formula is C13H24O. The van der Waals surface area contributed by atoms with E-state index in [-0.39, 0.29) is 10.8 Å². The van der Waals surface area contributed by atoms with Crippen LogP contribution in [0.3, 0.4) is 0 Å². The molecule has 1 aliphatic carbocycles. The quantitative estimate of drug-likeness (QED) is 0.665. The van der Waals surface area contributed by atoms with Gasteiger partial charge in [-0.25, -0.2) is 0 Å². The van der Waals surface area contributed by atoms with E-state index in [1.165, 1.54) is 0 Å². The van der Waals surface area contributed by atoms with Crippen molar-refractivity contribution in [2.24, 2.45) is 10.8 Å². The van der Waals surface area contributed by atoms with E-state index in [0.717, 1.165) is 38.5 Å². The van der Waals surface area contributed by atoms with Crippen molar-refractivity contribution in [1.82, 2.24) is 0 Å². The monoisotopic (exact) mass is 196 g/mol. The van der Waals surface area contributed by atoms with Crippen LogP contribution in [0.1, 0.15) is 66.2 Å². The van der Waals surface area contributed by atoms with Gasteiger partial charge in [-0.1, -0.05) is 40.5 Å². The van der Waals surface area contributed by atoms with Crippen molar-refractivity contribution >= 4 is 5.78 Å². The molecule has 0 heterocycles. The summed E-state index contributed by atoms with van der Waals surface area (Å²) < 4.78 is 0. The summed E-state index contributed by atoms with van der Waals surface area (Å²) in [6.45, 7) is 8.95. The molecule has 0 aliphatic heterocycles. The standard InChI is InChI=1S/C13H24O/c1-5-8-13(9-6-2)11(14)7-10-12(13,3)4/h5-10H2,1-4H3. The van der Waals surface area contributed by atoms with E-state index < -0.39 is 0 Å². The first-order valence-electron chi connectivity index (χ1n) is 6.03. The van der Waals surface area contributed by atoms with Crippen molar-refractivity contribution in [3.05, 3.63) is 0 Å². The summed E-state index contributed by atoms with van der Waals surface area (Å²) in [4.78, 5) is 12.1. The maximum Gasteiger partial charge on any atom is 0.139 e. The summed E-state index contributed by atoms with van der Waals surface area (Å²) in [7, 11) is 0. The second-order valence-electron chi connectivity index (χ2n) is 5.39. The highest BCUT2D eigenvalue weighted by Gasteiger charge is 2.52. The molecule has 0 aromatic carbocycles. The summed E-state index contributed by atoms with van der Waals surface area (Å²) >= 11 is 0. The molecule has 1 heteroatoms. The third-order valence-corrected chi connectivity index (χ3v) is 4.16. The molecule has 0 N–H and O–H groups in total. The molecule has 0 unspecified atom stereocenters. The normalized spacial score (nSPS) is 24.1. The van der Waals surface area contributed by atoms with Crippen LogP contribution in [0.25, 0.3) is 0 Å². The van der Waals surface area contributed by atoms with Crippen molar-refractivity contribution in [2.45, 2.75) is 66.2 Å². The number of Topliss-reactive ketones (excluding diaryl/α,β-unsaturated/α-hetero) is 1. The molecule has 1 fully saturated rings. The molecule has 0 radical (unpaired) electrons. The van der Waals surface area contributed by atoms with E-state index in [9.17, 15) is 4.79 Å². The molecule has 0 aromatic heterocycles. The lowest BCUT2D eigenvalue weighted by Crippen LogP contribution is -2.38. The fourth-order valence-electron chi connectivity index (χ4n) is 3.22. The van der Waals surface area contributed by atoms with E-state index in [1.807, 2.05) is 0 Å². The van der Waals surface area contributed by atoms with Gasteiger partial charge in [-0.2, -0.15) is 0 Å². The van der Waals surface area contributed by atoms with Gasteiger partial charge >= 0.3 is 0 Å². The fourth-order valence-corrected chi connectivity index (χ4v) is 3.22. The number of hydrogen-bond donors (Lipinski definition) is 0. The first kappa shape index (κ1) is 11.7. The molecule has 14 heavy (non-hydrogen) atoms. The van der Waals surface area contributed by atoms with Crippen LogP contribution >= 0.6 is 0 Å². The third-order valence-electron chi connectivity index (χ3n) is 4.16. The number of ketones is 1. The van der Waals surface area contributed by atoms with E-state index in [4.69, 9.17) is 0 Å². The molecule has 0 saturated heterocycles. The van der Waals surface area contributed by atoms with Crippen LogP contribution in [0.2, 0.25) is 0 Å². The maximum absolute atomic E-state index is 12.1. The molecule has 82 valence electrons. The molecule has 1 aliphatic rings. The molecular weight excluding hydrogens is 172 g/mol. The zero-order valence-electron chi connectivity index (χ0n) is 10.2. The highest BCUT2D eigenvalue weighted by atomic mass is 16.1. The van der Waals surface area contributed by atoms with E-state index in [1.54, 1.807) is 0 Å². The van der Waals surface area contributed by atoms with Gasteiger partial charge in [0.1, 0.15) is 5.78 Å². The highest BCUT2D eigenvalue weighted by molar-refractivity contribution is 5.88. The van der Waals surface area contributed by atoms with E-state index in [2.05, 4.69) is 27.7 Å². The van der Waals surface area contributed by atoms with Crippen LogP contribution in [0.4, 0.5) is 0 Å². The molecule has 1 rings (SSSR count). The molecule has 0 atom stereocenters. The number of hydrogen-bond acceptors (Lipinski definition) is 1. The topological polar surface area (TPSA) is 17.1 Å². The Labute approximate surface area is 88.3 Å². The predicted octanol–water partition coefficient (Wildman–Crippen LogP) is 3.96. The van der Waals surface area contributed by atoms with Crippen molar-refractivity contribution in [2.75, 3.05) is 0 Å². The highest BCUT2D eigenvalue weighted by Crippen LogP contribution is 2.55. The molecule has 1 nitrogen and oxygen atoms in total. The Morgan fingerprint density at radius 2 is 1.64 bits per heavy atom. The Balaban J connectivity index is 2.97. The first-order valence-corrected chi connectivity index (χ1v) is 6.03. The van der Waals surface area contributed by atoms with Crippen molar-refractivity contribution in [3.8, 4) is 0 Å². The van der Waals surface area contributed by atoms with Crippen LogP contribution in [-0.2, 0) is 4.79 Å². The fraction of sp³-hybridized carbons (Fsp3) is 0.923. The van der Waals surface area contributed by atoms with Gasteiger partial charge in [-0.3, -0.25) is 4.79 Å². The zero-order valence-corrected chi connectivity index (χ0v) is 10.2. The van der Waals surface area contributed by atoms with Gasteiger partial charge in [0, 0.05) is 11.8 Å². The Bertz CT molecular complexity index is 209. The van der Waals surface area contributed by atoms with Crippen LogP contribution in [0.15, 0.2) is 0 Å². The van der Waals surface area contributed by atoms with Gasteiger partial charge in [0.25, 0.3) is 0 Å². The Morgan fingerprint density at radius 1 is 1.14 bits per heavy atom. The average molecular weight is 196 g/mol. The second kappa shape index (κ2) is 4.04. The summed E-state index contributed by atoms with van der Waals surface area (Å²) in [6, 6.07) is 0. The average Bonchev–Trinajstić information content (AvgIpc) is 2.32. The largest absolute Gasteiger partial charge is 0.299 e. The van der Waals surface area contributed by atoms with Crippen molar-refractivity contribution in [3.63, 3.8) is 0 Å². The Morgan fingerprint density at radius 3 is 1.93 bits per heavy atom. The first-order chi connectivity index (χ1) is 6.50. The minimum absolute atomic E-state index is 0.0104. The number of rotatable bonds is 4. The van der Waals surface area contributed by atoms with Gasteiger partial charge in [0.15, 0.2) is 0 Å². The lowest BCUT2D eigenvalue weighted by atomic mass is 9.63. The van der Waals surface area contributed by atoms with E-state index >= 15 is 0 Å². The maximum atomic E-state index is 12.1. The SMILES string of the molecule is CCCC1(CCC)C(=O)CCC1(C)C. The molecule has 0 amide bonds. The summed E-state index contributed by atoms with van der Waals surface area (Å²) in [5.74, 6) is 0.534. The van der Waals surface area contributed by atoms with E-state index in [0.29, 0.717) is 5.78 Å². The van der Waals surface area contributed by atoms with Gasteiger partial charge in [0.05, 0.1) is 0 Å². The Hall–Kier alpha value is -0.330. The number of carbonyl (C=O) groups excluding carboxylic acids is 1. The van der Waals surface area contributed by atoms with Gasteiger partial charge < -0.3 is 0 Å². The minimum atomic E-state index is 0.0104. The lowest BCUT2D eigenvalue weighted by Gasteiger charge is -2.40. The van der Waals surface area contributed by atoms with Crippen molar-refractivity contribution in [1.29, 1.82) is 0 Å². The van der Waals surface area contributed by atoms with Crippen LogP contribution in [-0.4, -0.2) is 5.78 Å². The summed E-state index contributed by atoms with van der Waals surface area (Å²) in [5, 5.41) is 0. The Kier molecular flexibility index (Phi) is 3.39. The summed E-state index contributed by atoms with van der Waals surface area (Å²) in [6.07, 6.45) is 6.35. The van der Waals surface area contributed by atoms with Gasteiger partial charge in [0.2, 0.25) is 0 Å².